The van der Waals surface area contributed by atoms with Crippen molar-refractivity contribution in [3.05, 3.63) is 59.6 Å². The van der Waals surface area contributed by atoms with Gasteiger partial charge in [-0.1, -0.05) is 72.7 Å². The standard InChI is InChI=1S/C38H54N8O8.C2H6/c1-8-15-45(34(47)31(22(2)3)43-37(49)51-6)19-30-39-17-28(41-30)26-20-53-36(54-21-26)25-13-11-24(12-14-25)27-18-40-33(42-27)29-10-9-16-46(29)35(48)32(23(4)5)44-38(50)52-7;1-2/h11-14,17-18,22-23,26,29,31-32,36H,8-10,15-16,19-21H2,1-7H3,(H,39,41)(H,40,42)(H,43,49)(H,44,50);1-2H3/t26?,29-,31?,32-,36?;/m1./s1. The van der Waals surface area contributed by atoms with Crippen molar-refractivity contribution >= 4 is 24.0 Å². The normalized spacial score (nSPS) is 19.1. The number of aromatic amines is 2. The van der Waals surface area contributed by atoms with Gasteiger partial charge in [0.1, 0.15) is 23.7 Å². The summed E-state index contributed by atoms with van der Waals surface area (Å²) in [5.41, 5.74) is 3.48. The molecule has 2 saturated heterocycles. The lowest BCUT2D eigenvalue weighted by Crippen LogP contribution is -2.51. The van der Waals surface area contributed by atoms with E-state index in [-0.39, 0.29) is 42.2 Å². The summed E-state index contributed by atoms with van der Waals surface area (Å²) in [6.45, 7) is 15.7. The molecule has 5 rings (SSSR count). The first-order valence-corrected chi connectivity index (χ1v) is 19.6. The largest absolute Gasteiger partial charge is 0.453 e. The number of likely N-dealkylation sites (tertiary alicyclic amines) is 1. The average molecular weight is 781 g/mol. The molecule has 0 aliphatic carbocycles. The van der Waals surface area contributed by atoms with Crippen molar-refractivity contribution in [2.24, 2.45) is 11.8 Å². The number of hydrogen-bond donors (Lipinski definition) is 4. The molecule has 2 aromatic heterocycles. The highest BCUT2D eigenvalue weighted by atomic mass is 16.7. The van der Waals surface area contributed by atoms with Crippen LogP contribution in [0.25, 0.3) is 11.3 Å². The Morgan fingerprint density at radius 1 is 0.911 bits per heavy atom. The molecule has 2 aliphatic rings. The van der Waals surface area contributed by atoms with Gasteiger partial charge in [-0.25, -0.2) is 19.6 Å². The van der Waals surface area contributed by atoms with Gasteiger partial charge in [-0.15, -0.1) is 0 Å². The van der Waals surface area contributed by atoms with Crippen molar-refractivity contribution in [2.75, 3.05) is 40.5 Å². The number of rotatable bonds is 14. The molecule has 1 unspecified atom stereocenters. The zero-order valence-corrected chi connectivity index (χ0v) is 34.2. The lowest BCUT2D eigenvalue weighted by molar-refractivity contribution is -0.192. The van der Waals surface area contributed by atoms with E-state index in [1.54, 1.807) is 22.2 Å². The Hall–Kier alpha value is -4.96. The van der Waals surface area contributed by atoms with Gasteiger partial charge in [0.25, 0.3) is 0 Å². The molecule has 3 atom stereocenters. The molecule has 0 saturated carbocycles. The maximum Gasteiger partial charge on any atom is 0.407 e. The van der Waals surface area contributed by atoms with Gasteiger partial charge in [0, 0.05) is 36.5 Å². The van der Waals surface area contributed by atoms with Crippen molar-refractivity contribution in [2.45, 2.75) is 105 Å². The van der Waals surface area contributed by atoms with Crippen LogP contribution in [0.3, 0.4) is 0 Å². The van der Waals surface area contributed by atoms with Gasteiger partial charge in [0.2, 0.25) is 11.8 Å². The molecule has 3 aromatic rings. The van der Waals surface area contributed by atoms with Gasteiger partial charge in [-0.3, -0.25) is 9.59 Å². The van der Waals surface area contributed by atoms with E-state index < -0.39 is 30.6 Å². The number of alkyl carbamates (subject to hydrolysis) is 2. The molecule has 0 spiro atoms. The summed E-state index contributed by atoms with van der Waals surface area (Å²) in [5.74, 6) is 0.676. The number of carbonyl (C=O) groups excluding carboxylic acids is 4. The molecule has 308 valence electrons. The summed E-state index contributed by atoms with van der Waals surface area (Å²) >= 11 is 0. The number of nitrogens with zero attached hydrogens (tertiary/aromatic N) is 4. The van der Waals surface area contributed by atoms with Crippen LogP contribution in [0.5, 0.6) is 0 Å². The third-order valence-corrected chi connectivity index (χ3v) is 9.86. The minimum absolute atomic E-state index is 0.0704. The number of benzene rings is 1. The van der Waals surface area contributed by atoms with E-state index in [9.17, 15) is 19.2 Å². The van der Waals surface area contributed by atoms with Crippen molar-refractivity contribution < 1.29 is 38.1 Å². The second kappa shape index (κ2) is 20.8. The molecule has 2 aliphatic heterocycles. The zero-order chi connectivity index (χ0) is 40.9. The fourth-order valence-electron chi connectivity index (χ4n) is 6.82. The summed E-state index contributed by atoms with van der Waals surface area (Å²) in [4.78, 5) is 70.2. The van der Waals surface area contributed by atoms with E-state index >= 15 is 0 Å². The van der Waals surface area contributed by atoms with Gasteiger partial charge in [-0.05, 0) is 36.7 Å². The van der Waals surface area contributed by atoms with E-state index in [2.05, 4.69) is 30.6 Å². The fraction of sp³-hybridized carbons (Fsp3) is 0.600. The predicted octanol–water partition coefficient (Wildman–Crippen LogP) is 5.82. The van der Waals surface area contributed by atoms with Crippen LogP contribution in [0.4, 0.5) is 9.59 Å². The molecule has 4 N–H and O–H groups in total. The van der Waals surface area contributed by atoms with Crippen molar-refractivity contribution in [3.63, 3.8) is 0 Å². The number of hydrogen-bond acceptors (Lipinski definition) is 10. The summed E-state index contributed by atoms with van der Waals surface area (Å²) in [7, 11) is 2.56. The van der Waals surface area contributed by atoms with Crippen molar-refractivity contribution in [1.82, 2.24) is 40.4 Å². The Labute approximate surface area is 329 Å². The fourth-order valence-corrected chi connectivity index (χ4v) is 6.82. The Bertz CT molecular complexity index is 1720. The molecule has 2 fully saturated rings. The zero-order valence-electron chi connectivity index (χ0n) is 34.2. The maximum atomic E-state index is 13.5. The molecular formula is C40H60N8O8. The van der Waals surface area contributed by atoms with Crippen LogP contribution >= 0.6 is 0 Å². The molecule has 16 nitrogen and oxygen atoms in total. The van der Waals surface area contributed by atoms with Gasteiger partial charge >= 0.3 is 12.2 Å². The lowest BCUT2D eigenvalue weighted by atomic mass is 10.0. The van der Waals surface area contributed by atoms with Gasteiger partial charge < -0.3 is 49.3 Å². The highest BCUT2D eigenvalue weighted by molar-refractivity contribution is 5.87. The monoisotopic (exact) mass is 780 g/mol. The third kappa shape index (κ3) is 10.9. The number of nitrogens with one attached hydrogen (secondary N) is 4. The van der Waals surface area contributed by atoms with Crippen molar-refractivity contribution in [1.29, 1.82) is 0 Å². The maximum absolute atomic E-state index is 13.5. The second-order valence-corrected chi connectivity index (χ2v) is 14.4. The first-order chi connectivity index (χ1) is 26.9. The molecule has 0 bridgehead atoms. The quantitative estimate of drug-likeness (QED) is 0.155. The topological polar surface area (TPSA) is 193 Å². The van der Waals surface area contributed by atoms with E-state index in [1.807, 2.05) is 72.7 Å². The van der Waals surface area contributed by atoms with E-state index in [0.717, 1.165) is 41.8 Å². The van der Waals surface area contributed by atoms with Gasteiger partial charge in [-0.2, -0.15) is 0 Å². The highest BCUT2D eigenvalue weighted by Gasteiger charge is 2.38. The third-order valence-electron chi connectivity index (χ3n) is 9.86. The van der Waals surface area contributed by atoms with E-state index in [1.165, 1.54) is 14.2 Å². The minimum atomic E-state index is -0.719. The summed E-state index contributed by atoms with van der Waals surface area (Å²) < 4.78 is 21.8. The summed E-state index contributed by atoms with van der Waals surface area (Å²) in [6.07, 6.45) is 4.07. The number of H-pyrrole nitrogens is 2. The average Bonchev–Trinajstić information content (AvgIpc) is 4.01. The van der Waals surface area contributed by atoms with Crippen LogP contribution in [0.2, 0.25) is 0 Å². The van der Waals surface area contributed by atoms with Crippen molar-refractivity contribution in [3.8, 4) is 11.3 Å². The predicted molar refractivity (Wildman–Crippen MR) is 209 cm³/mol. The molecule has 4 heterocycles. The van der Waals surface area contributed by atoms with E-state index in [4.69, 9.17) is 18.9 Å². The number of ether oxygens (including phenoxy) is 4. The Morgan fingerprint density at radius 2 is 1.54 bits per heavy atom. The van der Waals surface area contributed by atoms with E-state index in [0.29, 0.717) is 38.0 Å². The minimum Gasteiger partial charge on any atom is -0.453 e. The Kier molecular flexibility index (Phi) is 16.3. The SMILES string of the molecule is CC.CCCN(Cc1ncc(C2COC(c3ccc(-c4cnc([C@H]5CCCN5C(=O)[C@H](NC(=O)OC)C(C)C)[nH]4)cc3)OC2)[nH]1)C(=O)C(NC(=O)OC)C(C)C. The lowest BCUT2D eigenvalue weighted by Gasteiger charge is -2.30. The van der Waals surface area contributed by atoms with Gasteiger partial charge in [0.15, 0.2) is 6.29 Å². The van der Waals surface area contributed by atoms with Crippen LogP contribution in [-0.2, 0) is 35.1 Å². The van der Waals surface area contributed by atoms with Gasteiger partial charge in [0.05, 0.1) is 51.9 Å². The summed E-state index contributed by atoms with van der Waals surface area (Å²) in [6, 6.07) is 6.25. The Morgan fingerprint density at radius 3 is 2.12 bits per heavy atom. The molecular weight excluding hydrogens is 720 g/mol. The second-order valence-electron chi connectivity index (χ2n) is 14.4. The first kappa shape index (κ1) is 43.8. The number of aromatic nitrogens is 4. The van der Waals surface area contributed by atoms with Crippen LogP contribution in [0.1, 0.15) is 109 Å². The molecule has 4 amide bonds. The molecule has 0 radical (unpaired) electrons. The number of amides is 4. The number of carbonyl (C=O) groups is 4. The number of methoxy groups -OCH3 is 2. The first-order valence-electron chi connectivity index (χ1n) is 19.6. The van der Waals surface area contributed by atoms with Crippen LogP contribution < -0.4 is 10.6 Å². The summed E-state index contributed by atoms with van der Waals surface area (Å²) in [5, 5.41) is 5.34. The highest BCUT2D eigenvalue weighted by Crippen LogP contribution is 2.34. The molecule has 56 heavy (non-hydrogen) atoms. The molecule has 1 aromatic carbocycles. The van der Waals surface area contributed by atoms with Crippen LogP contribution in [-0.4, -0.2) is 106 Å². The Balaban J connectivity index is 0.00000342. The molecule has 16 heteroatoms. The number of imidazole rings is 2. The van der Waals surface area contributed by atoms with Crippen LogP contribution in [0, 0.1) is 11.8 Å². The van der Waals surface area contributed by atoms with Crippen LogP contribution in [0.15, 0.2) is 36.7 Å². The smallest absolute Gasteiger partial charge is 0.407 e.